The van der Waals surface area contributed by atoms with Crippen LogP contribution in [0.4, 0.5) is 0 Å². The highest BCUT2D eigenvalue weighted by Crippen LogP contribution is 1.36. The maximum Gasteiger partial charge on any atom is 0.0873 e. The third-order valence-electron chi connectivity index (χ3n) is 0. The van der Waals surface area contributed by atoms with Crippen LogP contribution in [0, 0.1) is 5.41 Å². The van der Waals surface area contributed by atoms with E-state index in [2.05, 4.69) is 13.2 Å². The lowest BCUT2D eigenvalue weighted by molar-refractivity contribution is 1.42. The van der Waals surface area contributed by atoms with E-state index >= 15 is 0 Å². The lowest BCUT2D eigenvalue weighted by atomic mass is 10.8. The molecule has 0 aromatic carbocycles. The smallest absolute Gasteiger partial charge is 0.0873 e. The minimum Gasteiger partial charge on any atom is -0.388 e. The highest BCUT2D eigenvalue weighted by atomic mass is 14.7. The molecule has 0 fully saturated rings. The summed E-state index contributed by atoms with van der Waals surface area (Å²) in [7, 11) is 0. The van der Waals surface area contributed by atoms with E-state index in [0.29, 0.717) is 0 Å². The monoisotopic (exact) mass is 86.1 g/mol. The minimum atomic E-state index is 0.167. The van der Waals surface area contributed by atoms with E-state index in [1.165, 1.54) is 6.92 Å². The largest absolute Gasteiger partial charge is 0.388 e. The summed E-state index contributed by atoms with van der Waals surface area (Å²) < 4.78 is 0. The van der Waals surface area contributed by atoms with Crippen LogP contribution >= 0.6 is 0 Å². The van der Waals surface area contributed by atoms with Crippen molar-refractivity contribution in [3.8, 4) is 0 Å². The van der Waals surface area contributed by atoms with Crippen molar-refractivity contribution in [2.45, 2.75) is 6.92 Å². The molecule has 0 unspecified atom stereocenters. The van der Waals surface area contributed by atoms with Crippen molar-refractivity contribution in [3.05, 3.63) is 13.2 Å². The first-order valence-corrected chi connectivity index (χ1v) is 1.54. The molecule has 36 valence electrons. The Morgan fingerprint density at radius 3 is 1.67 bits per heavy atom. The van der Waals surface area contributed by atoms with Crippen molar-refractivity contribution in [1.29, 1.82) is 5.41 Å². The zero-order valence-corrected chi connectivity index (χ0v) is 3.99. The van der Waals surface area contributed by atoms with Crippen molar-refractivity contribution in [2.75, 3.05) is 0 Å². The van der Waals surface area contributed by atoms with Gasteiger partial charge in [-0.15, -0.1) is 13.2 Å². The molecule has 0 aromatic rings. The van der Waals surface area contributed by atoms with Gasteiger partial charge in [0.1, 0.15) is 0 Å². The van der Waals surface area contributed by atoms with Crippen LogP contribution < -0.4 is 5.73 Å². The van der Waals surface area contributed by atoms with Crippen LogP contribution in [0.15, 0.2) is 13.2 Å². The standard InChI is InChI=1S/C2H6N2.C2H4/c1-2(3)4;1-2/h1H3,(H3,3,4);1-2H2. The molecule has 2 heteroatoms. The molecule has 0 aliphatic rings. The minimum absolute atomic E-state index is 0.167. The second kappa shape index (κ2) is 8.88. The van der Waals surface area contributed by atoms with E-state index in [9.17, 15) is 0 Å². The lowest BCUT2D eigenvalue weighted by Gasteiger charge is -1.66. The summed E-state index contributed by atoms with van der Waals surface area (Å²) in [6.45, 7) is 7.53. The highest BCUT2D eigenvalue weighted by Gasteiger charge is 1.53. The number of amidine groups is 1. The van der Waals surface area contributed by atoms with Gasteiger partial charge in [0.2, 0.25) is 0 Å². The van der Waals surface area contributed by atoms with Crippen molar-refractivity contribution < 1.29 is 0 Å². The van der Waals surface area contributed by atoms with E-state index in [0.717, 1.165) is 0 Å². The zero-order valence-electron chi connectivity index (χ0n) is 3.99. The van der Waals surface area contributed by atoms with Crippen LogP contribution in [0.5, 0.6) is 0 Å². The Balaban J connectivity index is 0. The maximum absolute atomic E-state index is 6.28. The first-order chi connectivity index (χ1) is 2.73. The Morgan fingerprint density at radius 1 is 1.67 bits per heavy atom. The molecule has 0 aliphatic carbocycles. The van der Waals surface area contributed by atoms with Gasteiger partial charge in [-0.1, -0.05) is 0 Å². The summed E-state index contributed by atoms with van der Waals surface area (Å²) in [4.78, 5) is 0. The summed E-state index contributed by atoms with van der Waals surface area (Å²) in [6.07, 6.45) is 0. The number of hydrogen-bond acceptors (Lipinski definition) is 1. The Bertz CT molecular complexity index is 36.8. The zero-order chi connectivity index (χ0) is 5.58. The molecule has 0 heterocycles. The maximum atomic E-state index is 6.28. The van der Waals surface area contributed by atoms with Gasteiger partial charge in [0, 0.05) is 0 Å². The molecule has 0 rings (SSSR count). The Hall–Kier alpha value is -0.790. The van der Waals surface area contributed by atoms with Gasteiger partial charge in [0.25, 0.3) is 0 Å². The molecule has 6 heavy (non-hydrogen) atoms. The molecule has 0 radical (unpaired) electrons. The predicted octanol–water partition coefficient (Wildman–Crippen LogP) is 0.744. The summed E-state index contributed by atoms with van der Waals surface area (Å²) in [5.41, 5.74) is 4.69. The molecule has 0 atom stereocenters. The molecule has 0 bridgehead atoms. The molecule has 0 saturated carbocycles. The van der Waals surface area contributed by atoms with Crippen molar-refractivity contribution in [1.82, 2.24) is 0 Å². The van der Waals surface area contributed by atoms with Gasteiger partial charge in [-0.05, 0) is 6.92 Å². The Morgan fingerprint density at radius 2 is 1.67 bits per heavy atom. The van der Waals surface area contributed by atoms with Gasteiger partial charge < -0.3 is 5.73 Å². The Labute approximate surface area is 38.2 Å². The normalized spacial score (nSPS) is 4.83. The lowest BCUT2D eigenvalue weighted by Crippen LogP contribution is -2.00. The van der Waals surface area contributed by atoms with Crippen LogP contribution in [0.2, 0.25) is 0 Å². The van der Waals surface area contributed by atoms with Gasteiger partial charge >= 0.3 is 0 Å². The third-order valence-corrected chi connectivity index (χ3v) is 0. The van der Waals surface area contributed by atoms with Crippen molar-refractivity contribution >= 4 is 5.84 Å². The number of hydrogen-bond donors (Lipinski definition) is 2. The first-order valence-electron chi connectivity index (χ1n) is 1.54. The number of nitrogens with one attached hydrogen (secondary N) is 1. The van der Waals surface area contributed by atoms with E-state index in [-0.39, 0.29) is 5.84 Å². The van der Waals surface area contributed by atoms with E-state index in [1.807, 2.05) is 0 Å². The topological polar surface area (TPSA) is 49.9 Å². The molecule has 0 aliphatic heterocycles. The van der Waals surface area contributed by atoms with Crippen LogP contribution in [-0.4, -0.2) is 5.84 Å². The van der Waals surface area contributed by atoms with E-state index in [4.69, 9.17) is 11.1 Å². The predicted molar refractivity (Wildman–Crippen MR) is 28.8 cm³/mol. The molecular weight excluding hydrogens is 76.1 g/mol. The molecule has 0 amide bonds. The fourth-order valence-corrected chi connectivity index (χ4v) is 0. The van der Waals surface area contributed by atoms with Crippen LogP contribution in [-0.2, 0) is 0 Å². The van der Waals surface area contributed by atoms with Crippen LogP contribution in [0.1, 0.15) is 6.92 Å². The van der Waals surface area contributed by atoms with Gasteiger partial charge in [-0.25, -0.2) is 0 Å². The second-order valence-electron chi connectivity index (χ2n) is 0.683. The first kappa shape index (κ1) is 8.96. The number of rotatable bonds is 0. The average molecular weight is 86.1 g/mol. The van der Waals surface area contributed by atoms with Gasteiger partial charge in [-0.3, -0.25) is 5.41 Å². The number of nitrogens with two attached hydrogens (primary N) is 1. The van der Waals surface area contributed by atoms with Crippen molar-refractivity contribution in [3.63, 3.8) is 0 Å². The summed E-state index contributed by atoms with van der Waals surface area (Å²) >= 11 is 0. The molecule has 3 N–H and O–H groups in total. The van der Waals surface area contributed by atoms with E-state index < -0.39 is 0 Å². The Kier molecular flexibility index (Phi) is 13.3. The fourth-order valence-electron chi connectivity index (χ4n) is 0. The quantitative estimate of drug-likeness (QED) is 0.255. The molecule has 0 saturated heterocycles. The summed E-state index contributed by atoms with van der Waals surface area (Å²) in [6, 6.07) is 0. The summed E-state index contributed by atoms with van der Waals surface area (Å²) in [5.74, 6) is 0.167. The average Bonchev–Trinajstić information content (AvgIpc) is 1.41. The highest BCUT2D eigenvalue weighted by molar-refractivity contribution is 5.73. The van der Waals surface area contributed by atoms with Gasteiger partial charge in [0.05, 0.1) is 5.84 Å². The van der Waals surface area contributed by atoms with Gasteiger partial charge in [-0.2, -0.15) is 0 Å². The van der Waals surface area contributed by atoms with Gasteiger partial charge in [0.15, 0.2) is 0 Å². The van der Waals surface area contributed by atoms with E-state index in [1.54, 1.807) is 0 Å². The summed E-state index contributed by atoms with van der Waals surface area (Å²) in [5, 5.41) is 6.28. The third kappa shape index (κ3) is 25.1. The second-order valence-corrected chi connectivity index (χ2v) is 0.683. The molecular formula is C4H10N2. The molecule has 0 aromatic heterocycles. The molecule has 2 nitrogen and oxygen atoms in total. The SMILES string of the molecule is C=C.CC(=N)N. The van der Waals surface area contributed by atoms with Crippen LogP contribution in [0.3, 0.4) is 0 Å². The van der Waals surface area contributed by atoms with Crippen molar-refractivity contribution in [2.24, 2.45) is 5.73 Å². The van der Waals surface area contributed by atoms with Crippen LogP contribution in [0.25, 0.3) is 0 Å². The fraction of sp³-hybridized carbons (Fsp3) is 0.250. The molecule has 0 spiro atoms.